The first-order chi connectivity index (χ1) is 12.9. The zero-order chi connectivity index (χ0) is 19.0. The molecule has 1 saturated carbocycles. The Morgan fingerprint density at radius 2 is 1.85 bits per heavy atom. The minimum Gasteiger partial charge on any atom is -0.338 e. The molecular formula is C20H21ClN2O3S. The van der Waals surface area contributed by atoms with Crippen LogP contribution in [0.4, 0.5) is 0 Å². The van der Waals surface area contributed by atoms with Crippen molar-refractivity contribution in [3.05, 3.63) is 64.2 Å². The number of amides is 1. The maximum atomic E-state index is 12.6. The molecule has 0 unspecified atom stereocenters. The molecule has 1 N–H and O–H groups in total. The van der Waals surface area contributed by atoms with Gasteiger partial charge >= 0.3 is 0 Å². The van der Waals surface area contributed by atoms with Crippen molar-refractivity contribution in [3.8, 4) is 0 Å². The number of nitrogens with one attached hydrogen (secondary N) is 1. The zero-order valence-corrected chi connectivity index (χ0v) is 16.4. The van der Waals surface area contributed by atoms with E-state index >= 15 is 0 Å². The molecular weight excluding hydrogens is 384 g/mol. The molecule has 2 aromatic carbocycles. The second kappa shape index (κ2) is 7.26. The number of halogens is 1. The maximum Gasteiger partial charge on any atom is 0.240 e. The molecule has 0 atom stereocenters. The maximum absolute atomic E-state index is 12.6. The number of benzene rings is 2. The first-order valence-electron chi connectivity index (χ1n) is 9.07. The van der Waals surface area contributed by atoms with Crippen LogP contribution in [0.5, 0.6) is 0 Å². The lowest BCUT2D eigenvalue weighted by molar-refractivity contribution is -0.133. The van der Waals surface area contributed by atoms with Gasteiger partial charge in [-0.05, 0) is 60.2 Å². The summed E-state index contributed by atoms with van der Waals surface area (Å²) in [5.41, 5.74) is 2.88. The van der Waals surface area contributed by atoms with Gasteiger partial charge in [0.25, 0.3) is 0 Å². The summed E-state index contributed by atoms with van der Waals surface area (Å²) in [5, 5.41) is 0.616. The fourth-order valence-corrected chi connectivity index (χ4v) is 4.53. The standard InChI is InChI=1S/C20H21ClN2O3S/c21-18-6-1-14(2-7-18)12-22-27(25,26)19-8-5-17-13-23(10-9-16(17)11-19)20(24)15-3-4-15/h1-2,5-8,11,15,22H,3-4,9-10,12-13H2. The molecule has 1 heterocycles. The average Bonchev–Trinajstić information content (AvgIpc) is 3.51. The van der Waals surface area contributed by atoms with E-state index in [1.54, 1.807) is 36.4 Å². The van der Waals surface area contributed by atoms with E-state index in [2.05, 4.69) is 4.72 Å². The molecule has 142 valence electrons. The van der Waals surface area contributed by atoms with Gasteiger partial charge in [0.1, 0.15) is 0 Å². The van der Waals surface area contributed by atoms with E-state index in [-0.39, 0.29) is 23.3 Å². The van der Waals surface area contributed by atoms with Crippen LogP contribution >= 0.6 is 11.6 Å². The Morgan fingerprint density at radius 3 is 2.56 bits per heavy atom. The van der Waals surface area contributed by atoms with Crippen molar-refractivity contribution in [2.75, 3.05) is 6.54 Å². The van der Waals surface area contributed by atoms with E-state index in [1.165, 1.54) is 0 Å². The highest BCUT2D eigenvalue weighted by Crippen LogP contribution is 2.33. The van der Waals surface area contributed by atoms with Crippen LogP contribution in [0.25, 0.3) is 0 Å². The van der Waals surface area contributed by atoms with Crippen LogP contribution in [-0.2, 0) is 34.3 Å². The molecule has 0 radical (unpaired) electrons. The Labute approximate surface area is 164 Å². The average molecular weight is 405 g/mol. The minimum atomic E-state index is -3.60. The molecule has 0 saturated heterocycles. The number of hydrogen-bond donors (Lipinski definition) is 1. The fourth-order valence-electron chi connectivity index (χ4n) is 3.34. The molecule has 0 bridgehead atoms. The molecule has 1 aliphatic carbocycles. The summed E-state index contributed by atoms with van der Waals surface area (Å²) in [7, 11) is -3.60. The molecule has 0 aromatic heterocycles. The molecule has 7 heteroatoms. The summed E-state index contributed by atoms with van der Waals surface area (Å²) < 4.78 is 27.9. The number of rotatable bonds is 5. The first-order valence-corrected chi connectivity index (χ1v) is 10.9. The van der Waals surface area contributed by atoms with Crippen molar-refractivity contribution in [1.29, 1.82) is 0 Å². The van der Waals surface area contributed by atoms with Gasteiger partial charge in [-0.25, -0.2) is 13.1 Å². The van der Waals surface area contributed by atoms with Crippen LogP contribution in [0.15, 0.2) is 47.4 Å². The second-order valence-electron chi connectivity index (χ2n) is 7.17. The van der Waals surface area contributed by atoms with Crippen LogP contribution < -0.4 is 4.72 Å². The second-order valence-corrected chi connectivity index (χ2v) is 9.37. The van der Waals surface area contributed by atoms with Gasteiger partial charge in [-0.2, -0.15) is 0 Å². The molecule has 4 rings (SSSR count). The van der Waals surface area contributed by atoms with Crippen molar-refractivity contribution in [2.45, 2.75) is 37.2 Å². The predicted molar refractivity (Wildman–Crippen MR) is 104 cm³/mol. The van der Waals surface area contributed by atoms with Gasteiger partial charge in [-0.3, -0.25) is 4.79 Å². The Balaban J connectivity index is 1.46. The predicted octanol–water partition coefficient (Wildman–Crippen LogP) is 3.11. The van der Waals surface area contributed by atoms with Gasteiger partial charge in [0.15, 0.2) is 0 Å². The first kappa shape index (κ1) is 18.5. The molecule has 2 aromatic rings. The zero-order valence-electron chi connectivity index (χ0n) is 14.8. The Kier molecular flexibility index (Phi) is 4.97. The SMILES string of the molecule is O=C(C1CC1)N1CCc2cc(S(=O)(=O)NCc3ccc(Cl)cc3)ccc2C1. The molecule has 27 heavy (non-hydrogen) atoms. The van der Waals surface area contributed by atoms with Crippen LogP contribution in [-0.4, -0.2) is 25.8 Å². The van der Waals surface area contributed by atoms with Gasteiger partial charge in [0.2, 0.25) is 15.9 Å². The van der Waals surface area contributed by atoms with E-state index in [0.717, 1.165) is 29.5 Å². The number of sulfonamides is 1. The molecule has 0 spiro atoms. The normalized spacial score (nSPS) is 16.9. The van der Waals surface area contributed by atoms with Crippen LogP contribution in [0, 0.1) is 5.92 Å². The van der Waals surface area contributed by atoms with Crippen molar-refractivity contribution in [2.24, 2.45) is 5.92 Å². The van der Waals surface area contributed by atoms with E-state index in [1.807, 2.05) is 11.0 Å². The Hall–Kier alpha value is -1.89. The van der Waals surface area contributed by atoms with Crippen LogP contribution in [0.2, 0.25) is 5.02 Å². The van der Waals surface area contributed by atoms with Crippen molar-refractivity contribution in [3.63, 3.8) is 0 Å². The summed E-state index contributed by atoms with van der Waals surface area (Å²) >= 11 is 5.85. The highest BCUT2D eigenvalue weighted by atomic mass is 35.5. The largest absolute Gasteiger partial charge is 0.338 e. The number of nitrogens with zero attached hydrogens (tertiary/aromatic N) is 1. The molecule has 1 aliphatic heterocycles. The number of carbonyl (C=O) groups is 1. The van der Waals surface area contributed by atoms with Crippen molar-refractivity contribution >= 4 is 27.5 Å². The van der Waals surface area contributed by atoms with Gasteiger partial charge < -0.3 is 4.90 Å². The lowest BCUT2D eigenvalue weighted by Crippen LogP contribution is -2.37. The topological polar surface area (TPSA) is 66.5 Å². The lowest BCUT2D eigenvalue weighted by atomic mass is 9.99. The summed E-state index contributed by atoms with van der Waals surface area (Å²) in [4.78, 5) is 14.4. The van der Waals surface area contributed by atoms with E-state index in [4.69, 9.17) is 11.6 Å². The summed E-state index contributed by atoms with van der Waals surface area (Å²) in [6.45, 7) is 1.44. The summed E-state index contributed by atoms with van der Waals surface area (Å²) in [5.74, 6) is 0.449. The summed E-state index contributed by atoms with van der Waals surface area (Å²) in [6, 6.07) is 12.2. The highest BCUT2D eigenvalue weighted by molar-refractivity contribution is 7.89. The Bertz CT molecular complexity index is 969. The number of fused-ring (bicyclic) bond motifs is 1. The third-order valence-electron chi connectivity index (χ3n) is 5.12. The lowest BCUT2D eigenvalue weighted by Gasteiger charge is -2.29. The van der Waals surface area contributed by atoms with Gasteiger partial charge in [-0.15, -0.1) is 0 Å². The third-order valence-corrected chi connectivity index (χ3v) is 6.77. The van der Waals surface area contributed by atoms with Crippen LogP contribution in [0.3, 0.4) is 0 Å². The Morgan fingerprint density at radius 1 is 1.11 bits per heavy atom. The van der Waals surface area contributed by atoms with Crippen LogP contribution in [0.1, 0.15) is 29.5 Å². The molecule has 2 aliphatic rings. The minimum absolute atomic E-state index is 0.209. The van der Waals surface area contributed by atoms with Gasteiger partial charge in [0.05, 0.1) is 4.90 Å². The highest BCUT2D eigenvalue weighted by Gasteiger charge is 2.34. The molecule has 1 amide bonds. The fraction of sp³-hybridized carbons (Fsp3) is 0.350. The monoisotopic (exact) mass is 404 g/mol. The molecule has 5 nitrogen and oxygen atoms in total. The molecule has 1 fully saturated rings. The third kappa shape index (κ3) is 4.18. The van der Waals surface area contributed by atoms with Crippen molar-refractivity contribution in [1.82, 2.24) is 9.62 Å². The summed E-state index contributed by atoms with van der Waals surface area (Å²) in [6.07, 6.45) is 2.69. The van der Waals surface area contributed by atoms with E-state index < -0.39 is 10.0 Å². The number of hydrogen-bond acceptors (Lipinski definition) is 3. The van der Waals surface area contributed by atoms with Gasteiger partial charge in [0, 0.05) is 30.6 Å². The smallest absolute Gasteiger partial charge is 0.240 e. The number of carbonyl (C=O) groups excluding carboxylic acids is 1. The van der Waals surface area contributed by atoms with Gasteiger partial charge in [-0.1, -0.05) is 29.8 Å². The quantitative estimate of drug-likeness (QED) is 0.832. The van der Waals surface area contributed by atoms with E-state index in [0.29, 0.717) is 24.5 Å². The van der Waals surface area contributed by atoms with E-state index in [9.17, 15) is 13.2 Å². The van der Waals surface area contributed by atoms with Crippen molar-refractivity contribution < 1.29 is 13.2 Å².